The molecule has 0 radical (unpaired) electrons. The largest absolute Gasteiger partial charge is 0.364 e. The quantitative estimate of drug-likeness (QED) is 0.482. The summed E-state index contributed by atoms with van der Waals surface area (Å²) >= 11 is 0. The lowest BCUT2D eigenvalue weighted by Crippen LogP contribution is -2.29. The van der Waals surface area contributed by atoms with Gasteiger partial charge in [0.25, 0.3) is 5.69 Å². The minimum absolute atomic E-state index is 0.0447. The Hall–Kier alpha value is -2.02. The van der Waals surface area contributed by atoms with Gasteiger partial charge in [-0.3, -0.25) is 10.1 Å². The molecule has 0 aliphatic carbocycles. The van der Waals surface area contributed by atoms with Crippen molar-refractivity contribution >= 4 is 11.4 Å². The third-order valence-corrected chi connectivity index (χ3v) is 2.25. The van der Waals surface area contributed by atoms with Crippen LogP contribution in [0.15, 0.2) is 18.2 Å². The zero-order valence-corrected chi connectivity index (χ0v) is 9.57. The van der Waals surface area contributed by atoms with Crippen molar-refractivity contribution in [2.75, 3.05) is 5.32 Å². The Labute approximate surface area is 94.8 Å². The number of nitro groups is 1. The number of hydrogen-bond acceptors (Lipinski definition) is 3. The number of nitrogens with one attached hydrogen (secondary N) is 1. The first-order valence-corrected chi connectivity index (χ1v) is 4.87. The van der Waals surface area contributed by atoms with Crippen molar-refractivity contribution in [1.29, 1.82) is 0 Å². The molecule has 4 nitrogen and oxygen atoms in total. The minimum Gasteiger partial charge on any atom is -0.364 e. The molecular weight excluding hydrogens is 204 g/mol. The first-order valence-electron chi connectivity index (χ1n) is 4.87. The SMILES string of the molecule is C#CC(C)(C)Nc1c(C)cccc1[N+](=O)[O-]. The minimum atomic E-state index is -0.614. The summed E-state index contributed by atoms with van der Waals surface area (Å²) < 4.78 is 0. The highest BCUT2D eigenvalue weighted by molar-refractivity contribution is 5.67. The molecule has 1 N–H and O–H groups in total. The smallest absolute Gasteiger partial charge is 0.292 e. The average molecular weight is 218 g/mol. The van der Waals surface area contributed by atoms with Gasteiger partial charge in [-0.2, -0.15) is 0 Å². The van der Waals surface area contributed by atoms with Crippen molar-refractivity contribution in [3.63, 3.8) is 0 Å². The normalized spacial score (nSPS) is 10.6. The van der Waals surface area contributed by atoms with Crippen LogP contribution < -0.4 is 5.32 Å². The van der Waals surface area contributed by atoms with Crippen LogP contribution in [0.2, 0.25) is 0 Å². The fourth-order valence-electron chi connectivity index (χ4n) is 1.32. The van der Waals surface area contributed by atoms with Gasteiger partial charge in [0.15, 0.2) is 0 Å². The predicted octanol–water partition coefficient (Wildman–Crippen LogP) is 2.73. The van der Waals surface area contributed by atoms with Crippen molar-refractivity contribution in [3.05, 3.63) is 33.9 Å². The second-order valence-electron chi connectivity index (χ2n) is 4.12. The van der Waals surface area contributed by atoms with E-state index in [1.54, 1.807) is 19.9 Å². The van der Waals surface area contributed by atoms with Crippen LogP contribution in [0, 0.1) is 29.4 Å². The van der Waals surface area contributed by atoms with Crippen molar-refractivity contribution in [1.82, 2.24) is 0 Å². The molecule has 0 aliphatic heterocycles. The van der Waals surface area contributed by atoms with Crippen molar-refractivity contribution in [2.24, 2.45) is 0 Å². The van der Waals surface area contributed by atoms with E-state index in [2.05, 4.69) is 11.2 Å². The highest BCUT2D eigenvalue weighted by Crippen LogP contribution is 2.29. The molecule has 4 heteroatoms. The summed E-state index contributed by atoms with van der Waals surface area (Å²) in [4.78, 5) is 10.4. The summed E-state index contributed by atoms with van der Waals surface area (Å²) in [6.45, 7) is 5.40. The van der Waals surface area contributed by atoms with Crippen LogP contribution in [0.4, 0.5) is 11.4 Å². The van der Waals surface area contributed by atoms with Gasteiger partial charge in [0.1, 0.15) is 5.69 Å². The zero-order chi connectivity index (χ0) is 12.3. The molecule has 1 rings (SSSR count). The average Bonchev–Trinajstić information content (AvgIpc) is 2.20. The molecule has 0 amide bonds. The van der Waals surface area contributed by atoms with E-state index < -0.39 is 10.5 Å². The van der Waals surface area contributed by atoms with Crippen LogP contribution in [0.5, 0.6) is 0 Å². The Morgan fingerprint density at radius 3 is 2.62 bits per heavy atom. The number of para-hydroxylation sites is 1. The molecule has 0 saturated heterocycles. The predicted molar refractivity (Wildman–Crippen MR) is 64.4 cm³/mol. The van der Waals surface area contributed by atoms with Crippen LogP contribution in [0.3, 0.4) is 0 Å². The lowest BCUT2D eigenvalue weighted by Gasteiger charge is -2.22. The van der Waals surface area contributed by atoms with E-state index in [4.69, 9.17) is 6.42 Å². The topological polar surface area (TPSA) is 55.2 Å². The lowest BCUT2D eigenvalue weighted by molar-refractivity contribution is -0.384. The van der Waals surface area contributed by atoms with Gasteiger partial charge in [-0.1, -0.05) is 18.1 Å². The van der Waals surface area contributed by atoms with Gasteiger partial charge in [0.2, 0.25) is 0 Å². The highest BCUT2D eigenvalue weighted by Gasteiger charge is 2.21. The summed E-state index contributed by atoms with van der Waals surface area (Å²) in [5.41, 5.74) is 0.716. The summed E-state index contributed by atoms with van der Waals surface area (Å²) in [6, 6.07) is 4.92. The Balaban J connectivity index is 3.23. The molecule has 0 atom stereocenters. The fraction of sp³-hybridized carbons (Fsp3) is 0.333. The molecule has 0 bridgehead atoms. The Kier molecular flexibility index (Phi) is 3.19. The van der Waals surface area contributed by atoms with Gasteiger partial charge in [0.05, 0.1) is 10.5 Å². The zero-order valence-electron chi connectivity index (χ0n) is 9.57. The third-order valence-electron chi connectivity index (χ3n) is 2.25. The second-order valence-corrected chi connectivity index (χ2v) is 4.12. The Bertz CT molecular complexity index is 459. The van der Waals surface area contributed by atoms with E-state index in [1.807, 2.05) is 13.0 Å². The molecule has 0 aromatic heterocycles. The summed E-state index contributed by atoms with van der Waals surface area (Å²) in [5, 5.41) is 13.9. The molecule has 0 aliphatic rings. The Morgan fingerprint density at radius 2 is 2.12 bits per heavy atom. The number of nitrogens with zero attached hydrogens (tertiary/aromatic N) is 1. The first-order chi connectivity index (χ1) is 7.37. The van der Waals surface area contributed by atoms with Gasteiger partial charge in [-0.05, 0) is 26.3 Å². The van der Waals surface area contributed by atoms with Gasteiger partial charge in [-0.25, -0.2) is 0 Å². The molecule has 0 heterocycles. The first kappa shape index (κ1) is 12.1. The molecule has 0 fully saturated rings. The van der Waals surface area contributed by atoms with Crippen molar-refractivity contribution in [2.45, 2.75) is 26.3 Å². The number of benzene rings is 1. The molecule has 1 aromatic rings. The fourth-order valence-corrected chi connectivity index (χ4v) is 1.32. The number of aryl methyl sites for hydroxylation is 1. The van der Waals surface area contributed by atoms with E-state index in [1.165, 1.54) is 6.07 Å². The summed E-state index contributed by atoms with van der Waals surface area (Å²) in [6.07, 6.45) is 5.35. The van der Waals surface area contributed by atoms with E-state index in [9.17, 15) is 10.1 Å². The standard InChI is InChI=1S/C12H14N2O2/c1-5-12(3,4)13-11-9(2)7-6-8-10(11)14(15)16/h1,6-8,13H,2-4H3. The van der Waals surface area contributed by atoms with Crippen LogP contribution in [-0.4, -0.2) is 10.5 Å². The molecule has 84 valence electrons. The monoisotopic (exact) mass is 218 g/mol. The maximum atomic E-state index is 10.9. The van der Waals surface area contributed by atoms with Gasteiger partial charge < -0.3 is 5.32 Å². The second kappa shape index (κ2) is 4.23. The molecular formula is C12H14N2O2. The summed E-state index contributed by atoms with van der Waals surface area (Å²) in [7, 11) is 0. The van der Waals surface area contributed by atoms with E-state index >= 15 is 0 Å². The van der Waals surface area contributed by atoms with E-state index in [-0.39, 0.29) is 5.69 Å². The summed E-state index contributed by atoms with van der Waals surface area (Å²) in [5.74, 6) is 2.55. The Morgan fingerprint density at radius 1 is 1.50 bits per heavy atom. The van der Waals surface area contributed by atoms with E-state index in [0.717, 1.165) is 5.56 Å². The molecule has 16 heavy (non-hydrogen) atoms. The number of hydrogen-bond donors (Lipinski definition) is 1. The number of terminal acetylenes is 1. The van der Waals surface area contributed by atoms with Gasteiger partial charge in [-0.15, -0.1) is 6.42 Å². The maximum absolute atomic E-state index is 10.9. The van der Waals surface area contributed by atoms with Gasteiger partial charge in [0, 0.05) is 6.07 Å². The molecule has 0 unspecified atom stereocenters. The lowest BCUT2D eigenvalue weighted by atomic mass is 10.0. The van der Waals surface area contributed by atoms with Crippen LogP contribution in [0.25, 0.3) is 0 Å². The number of rotatable bonds is 3. The van der Waals surface area contributed by atoms with Crippen molar-refractivity contribution in [3.8, 4) is 12.3 Å². The van der Waals surface area contributed by atoms with Gasteiger partial charge >= 0.3 is 0 Å². The van der Waals surface area contributed by atoms with Crippen molar-refractivity contribution < 1.29 is 4.92 Å². The van der Waals surface area contributed by atoms with Crippen LogP contribution >= 0.6 is 0 Å². The number of nitro benzene ring substituents is 1. The maximum Gasteiger partial charge on any atom is 0.292 e. The van der Waals surface area contributed by atoms with Crippen LogP contribution in [0.1, 0.15) is 19.4 Å². The van der Waals surface area contributed by atoms with Crippen LogP contribution in [-0.2, 0) is 0 Å². The highest BCUT2D eigenvalue weighted by atomic mass is 16.6. The third kappa shape index (κ3) is 2.51. The number of anilines is 1. The van der Waals surface area contributed by atoms with E-state index in [0.29, 0.717) is 5.69 Å². The molecule has 1 aromatic carbocycles. The molecule has 0 spiro atoms. The molecule has 0 saturated carbocycles.